The second-order valence-electron chi connectivity index (χ2n) is 4.49. The minimum Gasteiger partial charge on any atom is -0.477 e. The number of nitrogens with zero attached hydrogens (tertiary/aromatic N) is 1. The van der Waals surface area contributed by atoms with Crippen LogP contribution in [0.4, 0.5) is 0 Å². The number of unbranched alkanes of at least 4 members (excludes halogenated alkanes) is 1. The van der Waals surface area contributed by atoms with Crippen molar-refractivity contribution >= 4 is 51.9 Å². The largest absolute Gasteiger partial charge is 0.477 e. The van der Waals surface area contributed by atoms with E-state index in [0.29, 0.717) is 12.8 Å². The molecule has 0 aromatic carbocycles. The molecule has 0 spiro atoms. The van der Waals surface area contributed by atoms with Gasteiger partial charge in [-0.05, 0) is 25.5 Å². The molecule has 20 heavy (non-hydrogen) atoms. The minimum atomic E-state index is -0.996. The smallest absolute Gasteiger partial charge is 0.353 e. The number of thiocarbonyl (C=S) groups is 1. The Hall–Kier alpha value is -0.730. The van der Waals surface area contributed by atoms with E-state index in [1.807, 2.05) is 6.26 Å². The molecule has 2 N–H and O–H groups in total. The van der Waals surface area contributed by atoms with Crippen molar-refractivity contribution in [2.24, 2.45) is 0 Å². The molecular weight excluding hydrogens is 316 g/mol. The Kier molecular flexibility index (Phi) is 5.34. The van der Waals surface area contributed by atoms with E-state index in [0.717, 1.165) is 28.6 Å². The van der Waals surface area contributed by atoms with Crippen LogP contribution in [0.3, 0.4) is 0 Å². The molecule has 8 heteroatoms. The summed E-state index contributed by atoms with van der Waals surface area (Å²) in [5.74, 6) is -1.08. The first kappa shape index (κ1) is 15.7. The number of hydrogen-bond donors (Lipinski definition) is 2. The van der Waals surface area contributed by atoms with Gasteiger partial charge in [0.1, 0.15) is 10.0 Å². The maximum Gasteiger partial charge on any atom is 0.353 e. The molecule has 0 saturated carbocycles. The van der Waals surface area contributed by atoms with Crippen molar-refractivity contribution in [3.8, 4) is 0 Å². The zero-order valence-corrected chi connectivity index (χ0v) is 13.5. The molecule has 0 aromatic heterocycles. The van der Waals surface area contributed by atoms with Gasteiger partial charge in [0.25, 0.3) is 0 Å². The van der Waals surface area contributed by atoms with Crippen LogP contribution in [-0.4, -0.2) is 44.4 Å². The van der Waals surface area contributed by atoms with Gasteiger partial charge >= 0.3 is 5.97 Å². The van der Waals surface area contributed by atoms with Crippen LogP contribution >= 0.6 is 35.7 Å². The van der Waals surface area contributed by atoms with Crippen LogP contribution in [0.5, 0.6) is 0 Å². The van der Waals surface area contributed by atoms with Gasteiger partial charge in [-0.25, -0.2) is 4.79 Å². The molecule has 2 heterocycles. The summed E-state index contributed by atoms with van der Waals surface area (Å²) in [7, 11) is 0. The Labute approximate surface area is 131 Å². The molecule has 0 radical (unpaired) electrons. The second-order valence-corrected chi connectivity index (χ2v) is 7.25. The van der Waals surface area contributed by atoms with Gasteiger partial charge in [-0.15, -0.1) is 23.5 Å². The van der Waals surface area contributed by atoms with Gasteiger partial charge in [0.2, 0.25) is 5.91 Å². The molecule has 110 valence electrons. The summed E-state index contributed by atoms with van der Waals surface area (Å²) in [6, 6.07) is 0. The number of allylic oxidation sites excluding steroid dienone is 1. The number of amides is 1. The summed E-state index contributed by atoms with van der Waals surface area (Å²) in [6.45, 7) is 0.798. The highest BCUT2D eigenvalue weighted by atomic mass is 32.2. The van der Waals surface area contributed by atoms with Crippen molar-refractivity contribution in [1.29, 1.82) is 0 Å². The summed E-state index contributed by atoms with van der Waals surface area (Å²) >= 11 is 8.06. The predicted octanol–water partition coefficient (Wildman–Crippen LogP) is 2.00. The van der Waals surface area contributed by atoms with Crippen molar-refractivity contribution in [2.45, 2.75) is 31.1 Å². The van der Waals surface area contributed by atoms with E-state index < -0.39 is 5.97 Å². The number of rotatable bonds is 6. The lowest BCUT2D eigenvalue weighted by atomic mass is 10.1. The fraction of sp³-hybridized carbons (Fsp3) is 0.583. The standard InChI is InChI=1S/C12H16N2O3S3/c1-19-12(18)13-5-3-2-4-7-10(11(16)17)14-8(15)6-9(14)20-7/h9H,2-6H2,1H3,(H,13,18)(H,16,17)/t9-/m0/s1. The van der Waals surface area contributed by atoms with Crippen molar-refractivity contribution in [3.63, 3.8) is 0 Å². The molecule has 0 aliphatic carbocycles. The zero-order chi connectivity index (χ0) is 14.7. The van der Waals surface area contributed by atoms with Gasteiger partial charge in [0.05, 0.1) is 11.8 Å². The van der Waals surface area contributed by atoms with Crippen LogP contribution in [0.25, 0.3) is 0 Å². The van der Waals surface area contributed by atoms with E-state index in [2.05, 4.69) is 5.32 Å². The van der Waals surface area contributed by atoms with E-state index in [-0.39, 0.29) is 17.0 Å². The average molecular weight is 332 g/mol. The van der Waals surface area contributed by atoms with E-state index in [4.69, 9.17) is 12.2 Å². The van der Waals surface area contributed by atoms with Crippen LogP contribution in [-0.2, 0) is 9.59 Å². The van der Waals surface area contributed by atoms with Crippen LogP contribution < -0.4 is 5.32 Å². The Morgan fingerprint density at radius 3 is 2.95 bits per heavy atom. The van der Waals surface area contributed by atoms with Gasteiger partial charge in [-0.3, -0.25) is 9.69 Å². The number of fused-ring (bicyclic) bond motifs is 1. The third kappa shape index (κ3) is 3.29. The lowest BCUT2D eigenvalue weighted by Gasteiger charge is -2.33. The molecule has 1 atom stereocenters. The Bertz CT molecular complexity index is 479. The van der Waals surface area contributed by atoms with E-state index in [1.54, 1.807) is 0 Å². The van der Waals surface area contributed by atoms with Crippen LogP contribution in [0.1, 0.15) is 25.7 Å². The predicted molar refractivity (Wildman–Crippen MR) is 85.5 cm³/mol. The van der Waals surface area contributed by atoms with E-state index >= 15 is 0 Å². The highest BCUT2D eigenvalue weighted by molar-refractivity contribution is 8.22. The van der Waals surface area contributed by atoms with Crippen molar-refractivity contribution in [2.75, 3.05) is 12.8 Å². The third-order valence-electron chi connectivity index (χ3n) is 3.18. The normalized spacial score (nSPS) is 20.8. The fourth-order valence-electron chi connectivity index (χ4n) is 2.18. The number of thioether (sulfide) groups is 2. The molecule has 2 rings (SSSR count). The quantitative estimate of drug-likeness (QED) is 0.438. The first-order valence-electron chi connectivity index (χ1n) is 6.31. The number of carboxylic acids is 1. The maximum absolute atomic E-state index is 11.4. The number of hydrogen-bond acceptors (Lipinski definition) is 5. The van der Waals surface area contributed by atoms with Crippen LogP contribution in [0.2, 0.25) is 0 Å². The van der Waals surface area contributed by atoms with Gasteiger partial charge in [0, 0.05) is 11.4 Å². The van der Waals surface area contributed by atoms with Crippen molar-refractivity contribution < 1.29 is 14.7 Å². The molecule has 2 aliphatic heterocycles. The average Bonchev–Trinajstić information content (AvgIpc) is 2.70. The van der Waals surface area contributed by atoms with Crippen LogP contribution in [0.15, 0.2) is 10.6 Å². The van der Waals surface area contributed by atoms with Gasteiger partial charge in [0.15, 0.2) is 0 Å². The molecule has 0 bridgehead atoms. The second kappa shape index (κ2) is 6.82. The van der Waals surface area contributed by atoms with Gasteiger partial charge < -0.3 is 10.4 Å². The summed E-state index contributed by atoms with van der Waals surface area (Å²) in [6.07, 6.45) is 4.90. The van der Waals surface area contributed by atoms with Gasteiger partial charge in [-0.1, -0.05) is 12.2 Å². The number of aliphatic carboxylic acids is 1. The highest BCUT2D eigenvalue weighted by Gasteiger charge is 2.47. The minimum absolute atomic E-state index is 0.0193. The maximum atomic E-state index is 11.4. The third-order valence-corrected chi connectivity index (χ3v) is 5.67. The topological polar surface area (TPSA) is 69.6 Å². The van der Waals surface area contributed by atoms with Crippen molar-refractivity contribution in [1.82, 2.24) is 10.2 Å². The summed E-state index contributed by atoms with van der Waals surface area (Å²) < 4.78 is 0.778. The SMILES string of the molecule is CSC(=S)NCCCCC1=C(C(=O)O)N2C(=O)C[C@@H]2S1. The molecule has 1 amide bonds. The highest BCUT2D eigenvalue weighted by Crippen LogP contribution is 2.47. The molecule has 2 aliphatic rings. The zero-order valence-electron chi connectivity index (χ0n) is 11.0. The molecule has 1 saturated heterocycles. The Morgan fingerprint density at radius 2 is 2.35 bits per heavy atom. The first-order valence-corrected chi connectivity index (χ1v) is 8.83. The van der Waals surface area contributed by atoms with Crippen LogP contribution in [0, 0.1) is 0 Å². The molecular formula is C12H16N2O3S3. The lowest BCUT2D eigenvalue weighted by molar-refractivity contribution is -0.145. The number of β-lactam (4-membered cyclic amide) rings is 1. The molecule has 0 unspecified atom stereocenters. The van der Waals surface area contributed by atoms with E-state index in [1.165, 1.54) is 28.4 Å². The number of carbonyl (C=O) groups excluding carboxylic acids is 1. The summed E-state index contributed by atoms with van der Waals surface area (Å²) in [4.78, 5) is 25.0. The summed E-state index contributed by atoms with van der Waals surface area (Å²) in [5, 5.41) is 12.4. The number of nitrogens with one attached hydrogen (secondary N) is 1. The van der Waals surface area contributed by atoms with Crippen molar-refractivity contribution in [3.05, 3.63) is 10.6 Å². The Balaban J connectivity index is 1.82. The number of carbonyl (C=O) groups is 2. The lowest BCUT2D eigenvalue weighted by Crippen LogP contribution is -2.48. The number of carboxylic acid groups (broad SMARTS) is 1. The fourth-order valence-corrected chi connectivity index (χ4v) is 3.97. The first-order chi connectivity index (χ1) is 9.54. The molecule has 5 nitrogen and oxygen atoms in total. The molecule has 1 fully saturated rings. The van der Waals surface area contributed by atoms with Gasteiger partial charge in [-0.2, -0.15) is 0 Å². The monoisotopic (exact) mass is 332 g/mol. The summed E-state index contributed by atoms with van der Waals surface area (Å²) in [5.41, 5.74) is 0.198. The van der Waals surface area contributed by atoms with E-state index in [9.17, 15) is 14.7 Å². The molecule has 0 aromatic rings. The Morgan fingerprint density at radius 1 is 1.60 bits per heavy atom.